The summed E-state index contributed by atoms with van der Waals surface area (Å²) in [5.74, 6) is -0.559. The van der Waals surface area contributed by atoms with E-state index in [0.29, 0.717) is 10.7 Å². The van der Waals surface area contributed by atoms with Gasteiger partial charge >= 0.3 is 5.97 Å². The zero-order chi connectivity index (χ0) is 20.1. The van der Waals surface area contributed by atoms with Crippen molar-refractivity contribution in [3.63, 3.8) is 0 Å². The molecule has 0 saturated heterocycles. The maximum absolute atomic E-state index is 13.2. The second kappa shape index (κ2) is 8.62. The molecule has 0 aromatic heterocycles. The van der Waals surface area contributed by atoms with Gasteiger partial charge in [0.2, 0.25) is 0 Å². The van der Waals surface area contributed by atoms with Gasteiger partial charge in [0.15, 0.2) is 11.8 Å². The Bertz CT molecular complexity index is 962. The van der Waals surface area contributed by atoms with Crippen molar-refractivity contribution in [2.24, 2.45) is 5.16 Å². The Kier molecular flexibility index (Phi) is 6.21. The van der Waals surface area contributed by atoms with E-state index < -0.39 is 22.1 Å². The van der Waals surface area contributed by atoms with Crippen molar-refractivity contribution in [2.75, 3.05) is 17.5 Å². The van der Waals surface area contributed by atoms with Crippen LogP contribution in [0.4, 0.5) is 5.69 Å². The number of carbonyl (C=O) groups is 1. The van der Waals surface area contributed by atoms with Gasteiger partial charge in [-0.1, -0.05) is 35.0 Å². The lowest BCUT2D eigenvalue weighted by Crippen LogP contribution is -2.38. The molecule has 0 spiro atoms. The van der Waals surface area contributed by atoms with Gasteiger partial charge in [-0.25, -0.2) is 13.2 Å². The molecule has 2 aromatic carbocycles. The van der Waals surface area contributed by atoms with Crippen molar-refractivity contribution >= 4 is 39.0 Å². The third-order valence-electron chi connectivity index (χ3n) is 4.06. The van der Waals surface area contributed by atoms with Crippen LogP contribution in [-0.4, -0.2) is 39.4 Å². The van der Waals surface area contributed by atoms with Gasteiger partial charge in [0.25, 0.3) is 10.0 Å². The van der Waals surface area contributed by atoms with Crippen LogP contribution in [-0.2, 0) is 24.4 Å². The predicted octanol–water partition coefficient (Wildman–Crippen LogP) is 3.24. The number of benzene rings is 2. The normalized spacial score (nSPS) is 16.2. The number of hydrogen-bond acceptors (Lipinski definition) is 6. The Labute approximate surface area is 168 Å². The standard InChI is InChI=1S/C19H19ClN2O5S/c1-2-26-19(23)18-12-16(27-21-18)13-22(15-6-4-3-5-7-15)28(24,25)17-10-8-14(20)9-11-17/h3-11,16H,2,12-13H2,1H3/t16-/m1/s1. The van der Waals surface area contributed by atoms with Gasteiger partial charge in [0, 0.05) is 11.4 Å². The van der Waals surface area contributed by atoms with Crippen molar-refractivity contribution in [3.8, 4) is 0 Å². The van der Waals surface area contributed by atoms with Crippen molar-refractivity contribution in [3.05, 3.63) is 59.6 Å². The Hall–Kier alpha value is -2.58. The molecule has 1 aliphatic heterocycles. The molecule has 0 bridgehead atoms. The first-order valence-corrected chi connectivity index (χ1v) is 10.5. The van der Waals surface area contributed by atoms with Crippen LogP contribution < -0.4 is 4.31 Å². The lowest BCUT2D eigenvalue weighted by molar-refractivity contribution is -0.135. The number of para-hydroxylation sites is 1. The summed E-state index contributed by atoms with van der Waals surface area (Å²) in [5, 5.41) is 4.19. The first kappa shape index (κ1) is 20.2. The summed E-state index contributed by atoms with van der Waals surface area (Å²) in [6, 6.07) is 14.6. The first-order chi connectivity index (χ1) is 13.4. The Morgan fingerprint density at radius 3 is 2.54 bits per heavy atom. The summed E-state index contributed by atoms with van der Waals surface area (Å²) in [6.07, 6.45) is -0.445. The van der Waals surface area contributed by atoms with Crippen LogP contribution in [0.1, 0.15) is 13.3 Å². The highest BCUT2D eigenvalue weighted by molar-refractivity contribution is 7.92. The summed E-state index contributed by atoms with van der Waals surface area (Å²) in [6.45, 7) is 1.91. The Morgan fingerprint density at radius 1 is 1.21 bits per heavy atom. The average Bonchev–Trinajstić information content (AvgIpc) is 3.16. The number of ether oxygens (including phenoxy) is 1. The molecule has 0 fully saturated rings. The van der Waals surface area contributed by atoms with E-state index in [-0.39, 0.29) is 30.2 Å². The molecule has 0 saturated carbocycles. The summed E-state index contributed by atoms with van der Waals surface area (Å²) in [4.78, 5) is 17.2. The lowest BCUT2D eigenvalue weighted by atomic mass is 10.2. The molecule has 0 amide bonds. The molecule has 0 N–H and O–H groups in total. The number of carbonyl (C=O) groups excluding carboxylic acids is 1. The van der Waals surface area contributed by atoms with Gasteiger partial charge in [0.1, 0.15) is 0 Å². The first-order valence-electron chi connectivity index (χ1n) is 8.65. The lowest BCUT2D eigenvalue weighted by Gasteiger charge is -2.26. The summed E-state index contributed by atoms with van der Waals surface area (Å²) in [5.41, 5.74) is 0.620. The number of hydrogen-bond donors (Lipinski definition) is 0. The molecule has 3 rings (SSSR count). The van der Waals surface area contributed by atoms with Crippen LogP contribution in [0.15, 0.2) is 64.6 Å². The van der Waals surface area contributed by atoms with E-state index in [4.69, 9.17) is 21.2 Å². The fraction of sp³-hybridized carbons (Fsp3) is 0.263. The number of halogens is 1. The highest BCUT2D eigenvalue weighted by Gasteiger charge is 2.33. The number of esters is 1. The molecule has 148 valence electrons. The molecular weight excluding hydrogens is 404 g/mol. The van der Waals surface area contributed by atoms with Gasteiger partial charge in [-0.2, -0.15) is 0 Å². The molecule has 1 heterocycles. The predicted molar refractivity (Wildman–Crippen MR) is 106 cm³/mol. The van der Waals surface area contributed by atoms with Crippen LogP contribution in [0.3, 0.4) is 0 Å². The molecule has 28 heavy (non-hydrogen) atoms. The minimum absolute atomic E-state index is 0.0125. The fourth-order valence-corrected chi connectivity index (χ4v) is 4.34. The molecule has 0 aliphatic carbocycles. The summed E-state index contributed by atoms with van der Waals surface area (Å²) < 4.78 is 32.7. The van der Waals surface area contributed by atoms with Crippen molar-refractivity contribution in [2.45, 2.75) is 24.3 Å². The van der Waals surface area contributed by atoms with Crippen LogP contribution in [0.25, 0.3) is 0 Å². The van der Waals surface area contributed by atoms with Crippen LogP contribution >= 0.6 is 11.6 Å². The zero-order valence-electron chi connectivity index (χ0n) is 15.1. The number of nitrogens with zero attached hydrogens (tertiary/aromatic N) is 2. The second-order valence-electron chi connectivity index (χ2n) is 6.02. The molecule has 7 nitrogen and oxygen atoms in total. The second-order valence-corrected chi connectivity index (χ2v) is 8.31. The van der Waals surface area contributed by atoms with Crippen molar-refractivity contribution in [1.29, 1.82) is 0 Å². The zero-order valence-corrected chi connectivity index (χ0v) is 16.7. The number of oxime groups is 1. The van der Waals surface area contributed by atoms with E-state index in [2.05, 4.69) is 5.16 Å². The highest BCUT2D eigenvalue weighted by Crippen LogP contribution is 2.26. The molecular formula is C19H19ClN2O5S. The van der Waals surface area contributed by atoms with Gasteiger partial charge < -0.3 is 9.57 Å². The SMILES string of the molecule is CCOC(=O)C1=NO[C@@H](CN(c2ccccc2)S(=O)(=O)c2ccc(Cl)cc2)C1. The van der Waals surface area contributed by atoms with Gasteiger partial charge in [-0.15, -0.1) is 0 Å². The quantitative estimate of drug-likeness (QED) is 0.639. The summed E-state index contributed by atoms with van der Waals surface area (Å²) >= 11 is 5.88. The molecule has 1 aliphatic rings. The number of sulfonamides is 1. The average molecular weight is 423 g/mol. The van der Waals surface area contributed by atoms with Crippen LogP contribution in [0.5, 0.6) is 0 Å². The minimum atomic E-state index is -3.88. The maximum Gasteiger partial charge on any atom is 0.356 e. The molecule has 0 radical (unpaired) electrons. The molecule has 1 atom stereocenters. The van der Waals surface area contributed by atoms with Gasteiger partial charge in [-0.05, 0) is 43.3 Å². The van der Waals surface area contributed by atoms with Gasteiger partial charge in [0.05, 0.1) is 23.7 Å². The number of anilines is 1. The maximum atomic E-state index is 13.2. The topological polar surface area (TPSA) is 85.3 Å². The third-order valence-corrected chi connectivity index (χ3v) is 6.12. The minimum Gasteiger partial charge on any atom is -0.461 e. The molecule has 2 aromatic rings. The van der Waals surface area contributed by atoms with Gasteiger partial charge in [-0.3, -0.25) is 4.31 Å². The third kappa shape index (κ3) is 4.45. The Balaban J connectivity index is 1.85. The van der Waals surface area contributed by atoms with E-state index in [0.717, 1.165) is 0 Å². The van der Waals surface area contributed by atoms with E-state index >= 15 is 0 Å². The van der Waals surface area contributed by atoms with E-state index in [1.54, 1.807) is 37.3 Å². The largest absolute Gasteiger partial charge is 0.461 e. The number of rotatable bonds is 7. The van der Waals surface area contributed by atoms with Crippen LogP contribution in [0, 0.1) is 0 Å². The van der Waals surface area contributed by atoms with Crippen molar-refractivity contribution in [1.82, 2.24) is 0 Å². The monoisotopic (exact) mass is 422 g/mol. The fourth-order valence-electron chi connectivity index (χ4n) is 2.72. The van der Waals surface area contributed by atoms with E-state index in [1.165, 1.54) is 28.6 Å². The Morgan fingerprint density at radius 2 is 1.89 bits per heavy atom. The van der Waals surface area contributed by atoms with Crippen molar-refractivity contribution < 1.29 is 22.8 Å². The summed E-state index contributed by atoms with van der Waals surface area (Å²) in [7, 11) is -3.88. The molecule has 9 heteroatoms. The van der Waals surface area contributed by atoms with E-state index in [9.17, 15) is 13.2 Å². The smallest absolute Gasteiger partial charge is 0.356 e. The highest BCUT2D eigenvalue weighted by atomic mass is 35.5. The molecule has 0 unspecified atom stereocenters. The van der Waals surface area contributed by atoms with E-state index in [1.807, 2.05) is 0 Å². The van der Waals surface area contributed by atoms with Crippen LogP contribution in [0.2, 0.25) is 5.02 Å².